The Morgan fingerprint density at radius 1 is 1.06 bits per heavy atom. The van der Waals surface area contributed by atoms with Crippen LogP contribution in [0.25, 0.3) is 0 Å². The van der Waals surface area contributed by atoms with Gasteiger partial charge in [-0.2, -0.15) is 5.10 Å². The average Bonchev–Trinajstić information content (AvgIpc) is 3.07. The highest BCUT2D eigenvalue weighted by molar-refractivity contribution is 6.31. The van der Waals surface area contributed by atoms with Crippen LogP contribution in [0, 0.1) is 13.8 Å². The monoisotopic (exact) mass is 468 g/mol. The molecular weight excluding hydrogens is 444 g/mol. The predicted octanol–water partition coefficient (Wildman–Crippen LogP) is 3.27. The Balaban J connectivity index is 1.71. The van der Waals surface area contributed by atoms with Crippen molar-refractivity contribution in [3.8, 4) is 0 Å². The van der Waals surface area contributed by atoms with E-state index >= 15 is 0 Å². The van der Waals surface area contributed by atoms with Gasteiger partial charge in [-0.05, 0) is 37.6 Å². The zero-order valence-electron chi connectivity index (χ0n) is 18.5. The second-order valence-corrected chi connectivity index (χ2v) is 7.88. The number of aromatic nitrogens is 2. The molecule has 0 spiro atoms. The number of benzene rings is 2. The first-order chi connectivity index (χ1) is 15.8. The number of hydrogen-bond acceptors (Lipinski definition) is 5. The van der Waals surface area contributed by atoms with Crippen LogP contribution in [0.5, 0.6) is 0 Å². The number of nitrogens with zero attached hydrogens (tertiary/aromatic N) is 3. The van der Waals surface area contributed by atoms with Crippen LogP contribution in [0.3, 0.4) is 0 Å². The van der Waals surface area contributed by atoms with Gasteiger partial charge < -0.3 is 15.4 Å². The van der Waals surface area contributed by atoms with Crippen molar-refractivity contribution in [2.75, 3.05) is 18.1 Å². The van der Waals surface area contributed by atoms with Crippen molar-refractivity contribution >= 4 is 35.1 Å². The molecule has 0 saturated carbocycles. The van der Waals surface area contributed by atoms with Crippen LogP contribution in [0.2, 0.25) is 5.02 Å². The molecule has 1 aromatic heterocycles. The summed E-state index contributed by atoms with van der Waals surface area (Å²) in [5.74, 6) is -1.64. The lowest BCUT2D eigenvalue weighted by Crippen LogP contribution is -2.37. The topological polar surface area (TPSA) is 108 Å². The molecule has 0 unspecified atom stereocenters. The quantitative estimate of drug-likeness (QED) is 0.485. The van der Waals surface area contributed by atoms with Gasteiger partial charge >= 0.3 is 5.97 Å². The van der Waals surface area contributed by atoms with Crippen molar-refractivity contribution in [1.29, 1.82) is 0 Å². The lowest BCUT2D eigenvalue weighted by molar-refractivity contribution is -0.121. The molecule has 2 aromatic carbocycles. The van der Waals surface area contributed by atoms with Crippen LogP contribution in [0.1, 0.15) is 33.7 Å². The fourth-order valence-corrected chi connectivity index (χ4v) is 3.63. The summed E-state index contributed by atoms with van der Waals surface area (Å²) >= 11 is 6.24. The number of hydrogen-bond donors (Lipinski definition) is 1. The van der Waals surface area contributed by atoms with E-state index in [-0.39, 0.29) is 13.0 Å². The molecule has 0 aliphatic heterocycles. The largest absolute Gasteiger partial charge is 0.452 e. The van der Waals surface area contributed by atoms with Crippen LogP contribution in [0.4, 0.5) is 5.69 Å². The summed E-state index contributed by atoms with van der Waals surface area (Å²) in [7, 11) is 0. The Kier molecular flexibility index (Phi) is 7.84. The molecule has 2 N–H and O–H groups in total. The summed E-state index contributed by atoms with van der Waals surface area (Å²) < 4.78 is 7.00. The molecule has 0 saturated heterocycles. The number of aryl methyl sites for hydroxylation is 1. The number of primary amides is 1. The fourth-order valence-electron chi connectivity index (χ4n) is 3.44. The molecule has 0 radical (unpaired) electrons. The number of ether oxygens (including phenoxy) is 1. The van der Waals surface area contributed by atoms with Crippen molar-refractivity contribution in [2.24, 2.45) is 5.73 Å². The number of esters is 1. The van der Waals surface area contributed by atoms with Crippen molar-refractivity contribution in [2.45, 2.75) is 26.8 Å². The Hall–Kier alpha value is -3.65. The highest BCUT2D eigenvalue weighted by Gasteiger charge is 2.23. The summed E-state index contributed by atoms with van der Waals surface area (Å²) in [6, 6.07) is 16.2. The lowest BCUT2D eigenvalue weighted by Gasteiger charge is -2.22. The van der Waals surface area contributed by atoms with Crippen LogP contribution in [-0.4, -0.2) is 40.7 Å². The van der Waals surface area contributed by atoms with E-state index in [2.05, 4.69) is 5.10 Å². The Labute approximate surface area is 196 Å². The predicted molar refractivity (Wildman–Crippen MR) is 125 cm³/mol. The molecule has 172 valence electrons. The summed E-state index contributed by atoms with van der Waals surface area (Å²) in [5.41, 5.74) is 8.09. The molecule has 3 rings (SSSR count). The fraction of sp³-hybridized carbons (Fsp3) is 0.250. The maximum atomic E-state index is 12.8. The number of halogens is 1. The van der Waals surface area contributed by atoms with Crippen molar-refractivity contribution < 1.29 is 19.1 Å². The van der Waals surface area contributed by atoms with E-state index in [4.69, 9.17) is 22.1 Å². The highest BCUT2D eigenvalue weighted by atomic mass is 35.5. The first kappa shape index (κ1) is 24.0. The average molecular weight is 469 g/mol. The third-order valence-corrected chi connectivity index (χ3v) is 5.51. The summed E-state index contributed by atoms with van der Waals surface area (Å²) in [4.78, 5) is 38.2. The SMILES string of the molecule is Cc1nn(Cc2ccccc2Cl)c(C)c1C(=O)OCC(=O)N(CCC(N)=O)c1ccccc1. The van der Waals surface area contributed by atoms with Gasteiger partial charge in [-0.15, -0.1) is 0 Å². The molecule has 2 amide bonds. The van der Waals surface area contributed by atoms with Gasteiger partial charge in [-0.3, -0.25) is 14.3 Å². The summed E-state index contributed by atoms with van der Waals surface area (Å²) in [6.07, 6.45) is -0.0123. The molecule has 0 atom stereocenters. The second kappa shape index (κ2) is 10.8. The molecule has 9 heteroatoms. The van der Waals surface area contributed by atoms with E-state index in [1.807, 2.05) is 24.3 Å². The number of carbonyl (C=O) groups is 3. The number of anilines is 1. The van der Waals surface area contributed by atoms with Crippen LogP contribution < -0.4 is 10.6 Å². The van der Waals surface area contributed by atoms with Gasteiger partial charge in [0.1, 0.15) is 5.56 Å². The number of nitrogens with two attached hydrogens (primary N) is 1. The molecular formula is C24H25ClN4O4. The van der Waals surface area contributed by atoms with E-state index in [0.717, 1.165) is 5.56 Å². The Bertz CT molecular complexity index is 1160. The normalized spacial score (nSPS) is 10.6. The van der Waals surface area contributed by atoms with Crippen molar-refractivity contribution in [1.82, 2.24) is 9.78 Å². The number of carbonyl (C=O) groups excluding carboxylic acids is 3. The smallest absolute Gasteiger partial charge is 0.342 e. The Morgan fingerprint density at radius 2 is 1.73 bits per heavy atom. The number of rotatable bonds is 9. The lowest BCUT2D eigenvalue weighted by atomic mass is 10.2. The van der Waals surface area contributed by atoms with E-state index in [1.165, 1.54) is 4.90 Å². The maximum absolute atomic E-state index is 12.8. The van der Waals surface area contributed by atoms with Gasteiger partial charge in [0.05, 0.1) is 17.9 Å². The third kappa shape index (κ3) is 5.98. The third-order valence-electron chi connectivity index (χ3n) is 5.14. The van der Waals surface area contributed by atoms with E-state index in [0.29, 0.717) is 34.2 Å². The molecule has 0 bridgehead atoms. The molecule has 8 nitrogen and oxygen atoms in total. The van der Waals surface area contributed by atoms with Gasteiger partial charge in [0.2, 0.25) is 5.91 Å². The van der Waals surface area contributed by atoms with Gasteiger partial charge in [0.15, 0.2) is 6.61 Å². The van der Waals surface area contributed by atoms with Crippen LogP contribution >= 0.6 is 11.6 Å². The molecule has 0 fully saturated rings. The number of para-hydroxylation sites is 1. The van der Waals surface area contributed by atoms with E-state index in [1.54, 1.807) is 48.9 Å². The van der Waals surface area contributed by atoms with Gasteiger partial charge in [0, 0.05) is 23.7 Å². The molecule has 3 aromatic rings. The van der Waals surface area contributed by atoms with Crippen molar-refractivity contribution in [3.63, 3.8) is 0 Å². The van der Waals surface area contributed by atoms with Crippen LogP contribution in [-0.2, 0) is 20.9 Å². The molecule has 0 aliphatic rings. The zero-order chi connectivity index (χ0) is 24.0. The van der Waals surface area contributed by atoms with Gasteiger partial charge in [-0.1, -0.05) is 48.0 Å². The van der Waals surface area contributed by atoms with Gasteiger partial charge in [-0.25, -0.2) is 4.79 Å². The summed E-state index contributed by atoms with van der Waals surface area (Å²) in [5, 5.41) is 5.04. The molecule has 1 heterocycles. The maximum Gasteiger partial charge on any atom is 0.342 e. The first-order valence-electron chi connectivity index (χ1n) is 10.4. The first-order valence-corrected chi connectivity index (χ1v) is 10.7. The second-order valence-electron chi connectivity index (χ2n) is 7.47. The Morgan fingerprint density at radius 3 is 2.39 bits per heavy atom. The number of amides is 2. The molecule has 0 aliphatic carbocycles. The minimum atomic E-state index is -0.647. The minimum Gasteiger partial charge on any atom is -0.452 e. The summed E-state index contributed by atoms with van der Waals surface area (Å²) in [6.45, 7) is 3.47. The molecule has 33 heavy (non-hydrogen) atoms. The zero-order valence-corrected chi connectivity index (χ0v) is 19.2. The van der Waals surface area contributed by atoms with Crippen LogP contribution in [0.15, 0.2) is 54.6 Å². The minimum absolute atomic E-state index is 0.0123. The van der Waals surface area contributed by atoms with Crippen molar-refractivity contribution in [3.05, 3.63) is 82.1 Å². The van der Waals surface area contributed by atoms with E-state index in [9.17, 15) is 14.4 Å². The van der Waals surface area contributed by atoms with Gasteiger partial charge in [0.25, 0.3) is 5.91 Å². The van der Waals surface area contributed by atoms with E-state index < -0.39 is 24.4 Å². The standard InChI is InChI=1S/C24H25ClN4O4/c1-16-23(17(2)29(27-16)14-18-8-6-7-11-20(18)25)24(32)33-15-22(31)28(13-12-21(26)30)19-9-4-3-5-10-19/h3-11H,12-15H2,1-2H3,(H2,26,30). The highest BCUT2D eigenvalue weighted by Crippen LogP contribution is 2.20.